The molecule has 0 aromatic carbocycles. The zero-order valence-electron chi connectivity index (χ0n) is 10.3. The lowest BCUT2D eigenvalue weighted by atomic mass is 9.96. The molecule has 0 saturated carbocycles. The molecule has 1 fully saturated rings. The molecule has 102 valence electrons. The maximum absolute atomic E-state index is 12.1. The summed E-state index contributed by atoms with van der Waals surface area (Å²) in [6.45, 7) is 2.17. The average molecular weight is 329 g/mol. The van der Waals surface area contributed by atoms with Gasteiger partial charge in [0, 0.05) is 0 Å². The van der Waals surface area contributed by atoms with E-state index in [1.165, 1.54) is 0 Å². The fourth-order valence-electron chi connectivity index (χ4n) is 1.92. The van der Waals surface area contributed by atoms with Gasteiger partial charge in [-0.2, -0.15) is 0 Å². The molecule has 7 heteroatoms. The van der Waals surface area contributed by atoms with Gasteiger partial charge in [0.1, 0.15) is 22.5 Å². The maximum atomic E-state index is 12.1. The summed E-state index contributed by atoms with van der Waals surface area (Å²) in [6, 6.07) is 5.12. The van der Waals surface area contributed by atoms with Gasteiger partial charge in [0.15, 0.2) is 0 Å². The van der Waals surface area contributed by atoms with Crippen LogP contribution in [0.1, 0.15) is 17.4 Å². The Morgan fingerprint density at radius 2 is 2.21 bits per heavy atom. The van der Waals surface area contributed by atoms with Crippen molar-refractivity contribution in [1.29, 1.82) is 0 Å². The number of carbonyl (C=O) groups excluding carboxylic acids is 1. The van der Waals surface area contributed by atoms with Gasteiger partial charge in [-0.1, -0.05) is 6.07 Å². The van der Waals surface area contributed by atoms with Crippen LogP contribution in [0.5, 0.6) is 0 Å². The number of carboxylic acids is 1. The summed E-state index contributed by atoms with van der Waals surface area (Å²) in [7, 11) is 0. The summed E-state index contributed by atoms with van der Waals surface area (Å²) < 4.78 is 5.84. The number of hydrogen-bond donors (Lipinski definition) is 1. The van der Waals surface area contributed by atoms with E-state index in [0.29, 0.717) is 23.4 Å². The predicted octanol–water partition coefficient (Wildman–Crippen LogP) is 1.16. The van der Waals surface area contributed by atoms with Crippen LogP contribution in [0, 0.1) is 0 Å². The summed E-state index contributed by atoms with van der Waals surface area (Å²) in [5, 5.41) is 8.56. The second-order valence-electron chi connectivity index (χ2n) is 4.64. The zero-order chi connectivity index (χ0) is 14.0. The Bertz CT molecular complexity index is 514. The van der Waals surface area contributed by atoms with Crippen LogP contribution < -0.4 is 0 Å². The lowest BCUT2D eigenvalue weighted by Gasteiger charge is -2.47. The monoisotopic (exact) mass is 328 g/mol. The molecule has 1 saturated heterocycles. The number of hydrogen-bond acceptors (Lipinski definition) is 4. The molecule has 1 aliphatic heterocycles. The normalized spacial score (nSPS) is 16.8. The minimum Gasteiger partial charge on any atom is -0.480 e. The highest BCUT2D eigenvalue weighted by molar-refractivity contribution is 9.10. The summed E-state index contributed by atoms with van der Waals surface area (Å²) >= 11 is 3.21. The van der Waals surface area contributed by atoms with Crippen LogP contribution in [0.4, 0.5) is 0 Å². The van der Waals surface area contributed by atoms with Crippen molar-refractivity contribution in [2.45, 2.75) is 12.5 Å². The van der Waals surface area contributed by atoms with Gasteiger partial charge in [0.2, 0.25) is 0 Å². The van der Waals surface area contributed by atoms with Gasteiger partial charge in [0.25, 0.3) is 5.91 Å². The predicted molar refractivity (Wildman–Crippen MR) is 69.8 cm³/mol. The number of ether oxygens (including phenoxy) is 1. The summed E-state index contributed by atoms with van der Waals surface area (Å²) in [6.07, 6.45) is 0. The maximum Gasteiger partial charge on any atom is 0.329 e. The fourth-order valence-corrected chi connectivity index (χ4v) is 2.27. The van der Waals surface area contributed by atoms with Gasteiger partial charge in [0.05, 0.1) is 13.1 Å². The van der Waals surface area contributed by atoms with E-state index in [2.05, 4.69) is 20.9 Å². The second-order valence-corrected chi connectivity index (χ2v) is 5.45. The molecule has 0 aliphatic carbocycles. The van der Waals surface area contributed by atoms with Crippen molar-refractivity contribution in [3.05, 3.63) is 28.5 Å². The minimum absolute atomic E-state index is 0.183. The first-order valence-electron chi connectivity index (χ1n) is 5.67. The third kappa shape index (κ3) is 3.30. The highest BCUT2D eigenvalue weighted by Crippen LogP contribution is 2.26. The van der Waals surface area contributed by atoms with Gasteiger partial charge in [-0.25, -0.2) is 9.78 Å². The summed E-state index contributed by atoms with van der Waals surface area (Å²) in [4.78, 5) is 28.2. The number of likely N-dealkylation sites (tertiary alicyclic amines) is 1. The number of aromatic nitrogens is 1. The average Bonchev–Trinajstić information content (AvgIpc) is 2.32. The first-order valence-corrected chi connectivity index (χ1v) is 6.46. The van der Waals surface area contributed by atoms with Crippen molar-refractivity contribution >= 4 is 27.8 Å². The van der Waals surface area contributed by atoms with Gasteiger partial charge >= 0.3 is 5.97 Å². The number of aliphatic carboxylic acids is 1. The van der Waals surface area contributed by atoms with Crippen LogP contribution in [0.3, 0.4) is 0 Å². The topological polar surface area (TPSA) is 79.7 Å². The summed E-state index contributed by atoms with van der Waals surface area (Å²) in [5.74, 6) is -1.20. The van der Waals surface area contributed by atoms with E-state index in [1.807, 2.05) is 0 Å². The van der Waals surface area contributed by atoms with E-state index in [-0.39, 0.29) is 12.5 Å². The molecule has 1 aliphatic rings. The van der Waals surface area contributed by atoms with E-state index < -0.39 is 11.6 Å². The first kappa shape index (κ1) is 14.0. The van der Waals surface area contributed by atoms with Crippen molar-refractivity contribution in [3.63, 3.8) is 0 Å². The molecule has 19 heavy (non-hydrogen) atoms. The second kappa shape index (κ2) is 5.26. The Hall–Kier alpha value is -1.47. The number of carbonyl (C=O) groups is 2. The smallest absolute Gasteiger partial charge is 0.329 e. The Morgan fingerprint density at radius 3 is 2.79 bits per heavy atom. The van der Waals surface area contributed by atoms with Gasteiger partial charge in [-0.3, -0.25) is 4.79 Å². The highest BCUT2D eigenvalue weighted by atomic mass is 79.9. The van der Waals surface area contributed by atoms with Gasteiger partial charge in [-0.15, -0.1) is 0 Å². The fraction of sp³-hybridized carbons (Fsp3) is 0.417. The Kier molecular flexibility index (Phi) is 3.86. The Balaban J connectivity index is 1.93. The van der Waals surface area contributed by atoms with Crippen LogP contribution in [0.25, 0.3) is 0 Å². The quantitative estimate of drug-likeness (QED) is 0.839. The lowest BCUT2D eigenvalue weighted by Crippen LogP contribution is -2.63. The van der Waals surface area contributed by atoms with Crippen LogP contribution in [-0.2, 0) is 9.53 Å². The van der Waals surface area contributed by atoms with Crippen molar-refractivity contribution in [2.75, 3.05) is 19.7 Å². The molecule has 6 nitrogen and oxygen atoms in total. The molecule has 1 N–H and O–H groups in total. The van der Waals surface area contributed by atoms with E-state index in [4.69, 9.17) is 9.84 Å². The summed E-state index contributed by atoms with van der Waals surface area (Å²) in [5.41, 5.74) is -0.227. The van der Waals surface area contributed by atoms with Crippen molar-refractivity contribution < 1.29 is 19.4 Å². The molecule has 0 atom stereocenters. The number of rotatable bonds is 4. The van der Waals surface area contributed by atoms with Gasteiger partial charge < -0.3 is 14.7 Å². The molecule has 1 aromatic rings. The Labute approximate surface area is 118 Å². The van der Waals surface area contributed by atoms with E-state index in [0.717, 1.165) is 0 Å². The molecule has 2 rings (SSSR count). The molecule has 0 unspecified atom stereocenters. The van der Waals surface area contributed by atoms with Crippen molar-refractivity contribution in [3.8, 4) is 0 Å². The van der Waals surface area contributed by atoms with Crippen LogP contribution in [0.2, 0.25) is 0 Å². The Morgan fingerprint density at radius 1 is 1.53 bits per heavy atom. The standard InChI is InChI=1S/C12H13BrN2O4/c1-12(19-5-10(16)17)6-15(7-12)11(18)8-3-2-4-9(13)14-8/h2-4H,5-7H2,1H3,(H,16,17). The number of halogens is 1. The van der Waals surface area contributed by atoms with Crippen LogP contribution in [0.15, 0.2) is 22.8 Å². The van der Waals surface area contributed by atoms with E-state index in [9.17, 15) is 9.59 Å². The third-order valence-corrected chi connectivity index (χ3v) is 3.26. The molecule has 1 aromatic heterocycles. The van der Waals surface area contributed by atoms with E-state index in [1.54, 1.807) is 30.0 Å². The zero-order valence-corrected chi connectivity index (χ0v) is 11.9. The number of carboxylic acid groups (broad SMARTS) is 1. The molecule has 0 radical (unpaired) electrons. The SMILES string of the molecule is CC1(OCC(=O)O)CN(C(=O)c2cccc(Br)n2)C1. The lowest BCUT2D eigenvalue weighted by molar-refractivity contribution is -0.159. The first-order chi connectivity index (χ1) is 8.89. The molecule has 1 amide bonds. The number of amides is 1. The minimum atomic E-state index is -1.01. The largest absolute Gasteiger partial charge is 0.480 e. The molecule has 2 heterocycles. The van der Waals surface area contributed by atoms with Crippen molar-refractivity contribution in [1.82, 2.24) is 9.88 Å². The number of pyridine rings is 1. The van der Waals surface area contributed by atoms with Gasteiger partial charge in [-0.05, 0) is 35.0 Å². The highest BCUT2D eigenvalue weighted by Gasteiger charge is 2.43. The van der Waals surface area contributed by atoms with Crippen LogP contribution >= 0.6 is 15.9 Å². The molecule has 0 spiro atoms. The van der Waals surface area contributed by atoms with Crippen molar-refractivity contribution in [2.24, 2.45) is 0 Å². The third-order valence-electron chi connectivity index (χ3n) is 2.82. The van der Waals surface area contributed by atoms with Crippen LogP contribution in [-0.4, -0.2) is 52.2 Å². The number of nitrogens with zero attached hydrogens (tertiary/aromatic N) is 2. The van der Waals surface area contributed by atoms with E-state index >= 15 is 0 Å². The molecule has 0 bridgehead atoms. The molecular weight excluding hydrogens is 316 g/mol. The molecular formula is C12H13BrN2O4.